The number of rotatable bonds is 21. The van der Waals surface area contributed by atoms with Crippen LogP contribution in [-0.4, -0.2) is 63.1 Å². The Morgan fingerprint density at radius 3 is 1.08 bits per heavy atom. The van der Waals surface area contributed by atoms with Gasteiger partial charge < -0.3 is 58.7 Å². The van der Waals surface area contributed by atoms with E-state index in [4.69, 9.17) is 40.0 Å². The van der Waals surface area contributed by atoms with Gasteiger partial charge in [-0.05, 0) is 178 Å². The number of imidazole rings is 3. The number of aromatic carboxylic acids is 3. The average Bonchev–Trinajstić information content (AvgIpc) is 1.68. The molecule has 0 spiro atoms. The number of aryl methyl sites for hydroxylation is 6. The first-order valence-corrected chi connectivity index (χ1v) is 29.4. The highest BCUT2D eigenvalue weighted by Crippen LogP contribution is 2.34. The summed E-state index contributed by atoms with van der Waals surface area (Å²) in [6.45, 7) is 12.8. The van der Waals surface area contributed by atoms with Crippen molar-refractivity contribution in [3.8, 4) is 34.5 Å². The standard InChI is InChI=1S/C24H21ClN2O4.C24H21FN2O4.C24H22N2O4/c2*1-14-3-5-17(18(25)9-14)12-30-22-11-16(24(28)29)6-8-21(22)31-13-23-26-19-7-4-15(2)10-20(19)27-23;1-15-3-6-17(7-4-15)13-29-22-12-18(24(27)28)8-10-21(22)30-14-23-25-19-9-5-16(2)11-20(19)26-23/h2*3-11H,12-13H2,1-2H3,(H,26,27)(H,28,29);3-12H,13-14H2,1-2H3,(H,25,26)(H,27,28). The number of ether oxygens (including phenoxy) is 6. The van der Waals surface area contributed by atoms with Crippen molar-refractivity contribution in [2.45, 2.75) is 81.2 Å². The fourth-order valence-electron chi connectivity index (χ4n) is 9.49. The van der Waals surface area contributed by atoms with Crippen molar-refractivity contribution in [2.24, 2.45) is 0 Å². The van der Waals surface area contributed by atoms with E-state index in [9.17, 15) is 34.1 Å². The Hall–Kier alpha value is -11.2. The highest BCUT2D eigenvalue weighted by Gasteiger charge is 2.18. The van der Waals surface area contributed by atoms with E-state index in [1.165, 1.54) is 48.5 Å². The smallest absolute Gasteiger partial charge is 0.335 e. The molecule has 9 aromatic carbocycles. The summed E-state index contributed by atoms with van der Waals surface area (Å²) in [6, 6.07) is 49.8. The van der Waals surface area contributed by atoms with E-state index >= 15 is 0 Å². The monoisotopic (exact) mass is 1260 g/mol. The predicted molar refractivity (Wildman–Crippen MR) is 347 cm³/mol. The summed E-state index contributed by atoms with van der Waals surface area (Å²) in [5.41, 5.74) is 14.2. The van der Waals surface area contributed by atoms with Gasteiger partial charge in [0.05, 0.1) is 49.8 Å². The molecule has 3 heterocycles. The van der Waals surface area contributed by atoms with Crippen molar-refractivity contribution in [1.82, 2.24) is 29.9 Å². The molecule has 12 aromatic rings. The summed E-state index contributed by atoms with van der Waals surface area (Å²) < 4.78 is 49.3. The van der Waals surface area contributed by atoms with Crippen LogP contribution in [0.1, 0.15) is 98.6 Å². The van der Waals surface area contributed by atoms with Crippen LogP contribution < -0.4 is 28.4 Å². The first-order valence-electron chi connectivity index (χ1n) is 29.1. The van der Waals surface area contributed by atoms with Gasteiger partial charge in [-0.3, -0.25) is 0 Å². The maximum atomic E-state index is 14.1. The van der Waals surface area contributed by atoms with Gasteiger partial charge in [-0.15, -0.1) is 0 Å². The van der Waals surface area contributed by atoms with Crippen molar-refractivity contribution in [3.63, 3.8) is 0 Å². The van der Waals surface area contributed by atoms with E-state index in [0.29, 0.717) is 63.4 Å². The number of H-pyrrole nitrogens is 3. The zero-order chi connectivity index (χ0) is 65.0. The zero-order valence-electron chi connectivity index (χ0n) is 51.0. The van der Waals surface area contributed by atoms with Crippen LogP contribution in [-0.2, 0) is 39.6 Å². The van der Waals surface area contributed by atoms with Crippen LogP contribution in [0.2, 0.25) is 5.02 Å². The van der Waals surface area contributed by atoms with Gasteiger partial charge in [-0.25, -0.2) is 33.7 Å². The number of hydrogen-bond donors (Lipinski definition) is 6. The van der Waals surface area contributed by atoms with Gasteiger partial charge >= 0.3 is 17.9 Å². The van der Waals surface area contributed by atoms with Crippen molar-refractivity contribution >= 4 is 62.6 Å². The second-order valence-electron chi connectivity index (χ2n) is 21.9. The molecule has 0 fully saturated rings. The van der Waals surface area contributed by atoms with Crippen LogP contribution in [0.15, 0.2) is 170 Å². The van der Waals surface area contributed by atoms with Gasteiger partial charge in [0.25, 0.3) is 0 Å². The largest absolute Gasteiger partial charge is 0.485 e. The first-order chi connectivity index (χ1) is 44.2. The third kappa shape index (κ3) is 16.7. The van der Waals surface area contributed by atoms with Crippen LogP contribution >= 0.6 is 11.6 Å². The second-order valence-corrected chi connectivity index (χ2v) is 22.3. The molecule has 0 amide bonds. The Bertz CT molecular complexity index is 4460. The average molecular weight is 1260 g/mol. The Morgan fingerprint density at radius 2 is 0.696 bits per heavy atom. The quantitative estimate of drug-likeness (QED) is 0.0391. The molecule has 92 heavy (non-hydrogen) atoms. The fraction of sp³-hybridized carbons (Fsp3) is 0.167. The number of aromatic nitrogens is 6. The summed E-state index contributed by atoms with van der Waals surface area (Å²) in [5.74, 6) is 0.573. The van der Waals surface area contributed by atoms with Gasteiger partial charge in [0.2, 0.25) is 0 Å². The molecule has 0 saturated heterocycles. The van der Waals surface area contributed by atoms with Crippen molar-refractivity contribution in [2.75, 3.05) is 0 Å². The number of nitrogens with one attached hydrogen (secondary N) is 3. The number of halogens is 2. The van der Waals surface area contributed by atoms with E-state index in [1.54, 1.807) is 31.2 Å². The summed E-state index contributed by atoms with van der Waals surface area (Å²) in [6.07, 6.45) is 0. The molecule has 0 bridgehead atoms. The Kier molecular flexibility index (Phi) is 20.1. The molecule has 0 aliphatic heterocycles. The van der Waals surface area contributed by atoms with Crippen LogP contribution in [0.3, 0.4) is 0 Å². The third-order valence-electron chi connectivity index (χ3n) is 14.4. The Morgan fingerprint density at radius 1 is 0.370 bits per heavy atom. The minimum absolute atomic E-state index is 0.0472. The molecule has 0 saturated carbocycles. The van der Waals surface area contributed by atoms with E-state index in [1.807, 2.05) is 132 Å². The van der Waals surface area contributed by atoms with E-state index in [2.05, 4.69) is 29.9 Å². The highest BCUT2D eigenvalue weighted by atomic mass is 35.5. The minimum atomic E-state index is -1.09. The van der Waals surface area contributed by atoms with E-state index < -0.39 is 17.9 Å². The summed E-state index contributed by atoms with van der Waals surface area (Å²) in [5, 5.41) is 28.5. The van der Waals surface area contributed by atoms with Gasteiger partial charge in [0.1, 0.15) is 62.9 Å². The molecular formula is C72H64ClFN6O12. The van der Waals surface area contributed by atoms with Gasteiger partial charge in [0, 0.05) is 16.1 Å². The molecule has 0 radical (unpaired) electrons. The number of hydrogen-bond acceptors (Lipinski definition) is 12. The maximum Gasteiger partial charge on any atom is 0.335 e. The van der Waals surface area contributed by atoms with Crippen molar-refractivity contribution in [3.05, 3.63) is 265 Å². The van der Waals surface area contributed by atoms with Crippen LogP contribution in [0, 0.1) is 47.4 Å². The van der Waals surface area contributed by atoms with E-state index in [-0.39, 0.29) is 61.3 Å². The molecule has 6 N–H and O–H groups in total. The minimum Gasteiger partial charge on any atom is -0.485 e. The first kappa shape index (κ1) is 63.8. The molecule has 3 aromatic heterocycles. The molecule has 0 unspecified atom stereocenters. The maximum absolute atomic E-state index is 14.1. The molecule has 0 aliphatic carbocycles. The lowest BCUT2D eigenvalue weighted by Crippen LogP contribution is -2.05. The van der Waals surface area contributed by atoms with Crippen molar-refractivity contribution < 1.29 is 62.5 Å². The molecule has 0 aliphatic rings. The fourth-order valence-corrected chi connectivity index (χ4v) is 9.78. The number of carbonyl (C=O) groups is 3. The van der Waals surface area contributed by atoms with E-state index in [0.717, 1.165) is 77.6 Å². The zero-order valence-corrected chi connectivity index (χ0v) is 51.8. The molecule has 12 rings (SSSR count). The lowest BCUT2D eigenvalue weighted by molar-refractivity contribution is 0.0685. The normalized spacial score (nSPS) is 10.9. The summed E-state index contributed by atoms with van der Waals surface area (Å²) in [7, 11) is 0. The molecular weight excluding hydrogens is 1200 g/mol. The topological polar surface area (TPSA) is 253 Å². The number of carboxylic acid groups (broad SMARTS) is 3. The Labute approximate surface area is 533 Å². The second kappa shape index (κ2) is 29.0. The number of aromatic amines is 3. The van der Waals surface area contributed by atoms with Gasteiger partial charge in [0.15, 0.2) is 34.5 Å². The highest BCUT2D eigenvalue weighted by molar-refractivity contribution is 6.31. The van der Waals surface area contributed by atoms with Gasteiger partial charge in [-0.2, -0.15) is 0 Å². The van der Waals surface area contributed by atoms with Crippen LogP contribution in [0.4, 0.5) is 4.39 Å². The summed E-state index contributed by atoms with van der Waals surface area (Å²) >= 11 is 6.29. The molecule has 468 valence electrons. The lowest BCUT2D eigenvalue weighted by Gasteiger charge is -2.14. The Balaban J connectivity index is 0.000000151. The summed E-state index contributed by atoms with van der Waals surface area (Å²) in [4.78, 5) is 57.4. The predicted octanol–water partition coefficient (Wildman–Crippen LogP) is 15.9. The number of nitrogens with zero attached hydrogens (tertiary/aromatic N) is 3. The van der Waals surface area contributed by atoms with Crippen LogP contribution in [0.25, 0.3) is 33.1 Å². The number of carboxylic acids is 3. The van der Waals surface area contributed by atoms with Crippen molar-refractivity contribution in [1.29, 1.82) is 0 Å². The van der Waals surface area contributed by atoms with Gasteiger partial charge in [-0.1, -0.05) is 83.9 Å². The molecule has 0 atom stereocenters. The van der Waals surface area contributed by atoms with Crippen LogP contribution in [0.5, 0.6) is 34.5 Å². The molecule has 20 heteroatoms. The number of fused-ring (bicyclic) bond motifs is 3. The lowest BCUT2D eigenvalue weighted by atomic mass is 10.1. The third-order valence-corrected chi connectivity index (χ3v) is 14.8. The number of benzene rings is 9. The SMILES string of the molecule is Cc1ccc(COc2cc(C(=O)O)ccc2OCc2nc3ccc(C)cc3[nH]2)c(Cl)c1.Cc1ccc(COc2cc(C(=O)O)ccc2OCc2nc3ccc(C)cc3[nH]2)c(F)c1.Cc1ccc(COc2cc(C(=O)O)ccc2OCc2nc3ccc(C)cc3[nH]2)cc1. The molecule has 18 nitrogen and oxygen atoms in total.